The molecule has 7 aromatic heterocycles. The van der Waals surface area contributed by atoms with Gasteiger partial charge in [-0.25, -0.2) is 41.3 Å². The first-order valence-electron chi connectivity index (χ1n) is 31.8. The Morgan fingerprint density at radius 2 is 0.916 bits per heavy atom. The number of hydrogen-bond donors (Lipinski definition) is 5. The second-order valence-corrected chi connectivity index (χ2v) is 26.0. The van der Waals surface area contributed by atoms with Crippen LogP contribution in [0.2, 0.25) is 30.1 Å². The fourth-order valence-electron chi connectivity index (χ4n) is 9.94. The van der Waals surface area contributed by atoms with Crippen molar-refractivity contribution >= 4 is 152 Å². The summed E-state index contributed by atoms with van der Waals surface area (Å²) in [7, 11) is 0. The van der Waals surface area contributed by atoms with E-state index in [1.54, 1.807) is 90.0 Å². The van der Waals surface area contributed by atoms with E-state index in [1.165, 1.54) is 85.2 Å². The first kappa shape index (κ1) is 83.2. The number of halogens is 14. The fourth-order valence-corrected chi connectivity index (χ4v) is 11.8. The third kappa shape index (κ3) is 20.9. The normalized spacial score (nSPS) is 10.9. The molecule has 0 saturated heterocycles. The maximum atomic E-state index is 14.8. The molecule has 107 heavy (non-hydrogen) atoms. The summed E-state index contributed by atoms with van der Waals surface area (Å²) in [6.07, 6.45) is 12.1. The van der Waals surface area contributed by atoms with E-state index in [0.29, 0.717) is 79.8 Å². The van der Waals surface area contributed by atoms with Gasteiger partial charge in [0.05, 0.1) is 64.8 Å². The molecule has 13 rings (SSSR count). The first-order chi connectivity index (χ1) is 51.3. The van der Waals surface area contributed by atoms with E-state index >= 15 is 0 Å². The quantitative estimate of drug-likeness (QED) is 0.0305. The number of carbonyl (C=O) groups is 3. The minimum atomic E-state index is -1.24. The maximum Gasteiger partial charge on any atom is 0.199 e. The molecule has 1 unspecified atom stereocenters. The minimum Gasteiger partial charge on any atom is -0.505 e. The number of rotatable bonds is 18. The number of fused-ring (bicyclic) bond motifs is 3. The lowest BCUT2D eigenvalue weighted by Gasteiger charge is -2.15. The third-order valence-corrected chi connectivity index (χ3v) is 17.4. The second-order valence-electron chi connectivity index (χ2n) is 21.6. The highest BCUT2D eigenvalue weighted by Crippen LogP contribution is 2.39. The Kier molecular flexibility index (Phi) is 30.7. The number of H-pyrrole nitrogens is 3. The Labute approximate surface area is 654 Å². The van der Waals surface area contributed by atoms with Gasteiger partial charge in [0.1, 0.15) is 23.0 Å². The van der Waals surface area contributed by atoms with Gasteiger partial charge in [0, 0.05) is 123 Å². The molecule has 6 aromatic carbocycles. The molecular weight excluding hydrogens is 1660 g/mol. The number of nitrogens with zero attached hydrogens (tertiary/aromatic N) is 4. The maximum absolute atomic E-state index is 14.8. The number of aliphatic hydroxyl groups excluding tert-OH is 1. The Hall–Kier alpha value is -9.41. The Bertz CT molecular complexity index is 5320. The zero-order chi connectivity index (χ0) is 77.8. The number of pyridine rings is 4. The largest absolute Gasteiger partial charge is 0.505 e. The van der Waals surface area contributed by atoms with Crippen LogP contribution >= 0.6 is 101 Å². The molecule has 13 aromatic rings. The smallest absolute Gasteiger partial charge is 0.199 e. The van der Waals surface area contributed by atoms with Crippen molar-refractivity contribution in [1.29, 1.82) is 0 Å². The zero-order valence-corrected chi connectivity index (χ0v) is 64.2. The number of benzene rings is 6. The van der Waals surface area contributed by atoms with E-state index in [9.17, 15) is 45.8 Å². The fraction of sp³-hybridized carbons (Fsp3) is 0.145. The number of phenolic OH excluding ortho intramolecular Hbond substituents is 1. The molecule has 0 aliphatic carbocycles. The molecule has 17 nitrogen and oxygen atoms in total. The predicted octanol–water partition coefficient (Wildman–Crippen LogP) is 22.1. The van der Waals surface area contributed by atoms with Gasteiger partial charge in [-0.3, -0.25) is 19.4 Å². The molecule has 0 radical (unpaired) electrons. The molecule has 31 heteroatoms. The minimum absolute atomic E-state index is 0.000558. The number of ether oxygens (including phenoxy) is 5. The molecule has 5 N–H and O–H groups in total. The van der Waals surface area contributed by atoms with Gasteiger partial charge in [0.25, 0.3) is 0 Å². The third-order valence-electron chi connectivity index (χ3n) is 14.8. The van der Waals surface area contributed by atoms with Crippen molar-refractivity contribution in [2.24, 2.45) is 0 Å². The molecule has 1 atom stereocenters. The van der Waals surface area contributed by atoms with Crippen molar-refractivity contribution in [3.8, 4) is 45.6 Å². The van der Waals surface area contributed by atoms with Crippen LogP contribution in [-0.2, 0) is 0 Å². The number of hydrogen-bond acceptors (Lipinski definition) is 14. The molecular formula is C76H59Br2Cl6F6N7O10. The number of aromatic nitrogens is 7. The number of aromatic amines is 3. The Balaban J connectivity index is 0.000000169. The zero-order valence-electron chi connectivity index (χ0n) is 56.5. The van der Waals surface area contributed by atoms with Crippen LogP contribution in [0.1, 0.15) is 94.1 Å². The molecule has 0 amide bonds. The van der Waals surface area contributed by atoms with Crippen molar-refractivity contribution in [1.82, 2.24) is 34.9 Å². The monoisotopic (exact) mass is 1710 g/mol. The van der Waals surface area contributed by atoms with Crippen molar-refractivity contribution in [3.05, 3.63) is 278 Å². The van der Waals surface area contributed by atoms with Gasteiger partial charge >= 0.3 is 0 Å². The summed E-state index contributed by atoms with van der Waals surface area (Å²) in [5.74, 6) is -5.11. The van der Waals surface area contributed by atoms with Gasteiger partial charge in [0.15, 0.2) is 87.3 Å². The SMILES string of the molecule is CCOc1ccc(Cl)c(C(=O)c2c[nH]c3ncc(-c4cccnc4)cc23)c1F.CCOc1ccc(Cl)c(C(=O)c2c[nH]c3ncc(Br)cc23)c1F.CCOc1ccc(Cl)c(C(O)c2c[nH]c3ncc(Br)cc23)c1F.CCOc1ccc(Cl)c(C=O)c1F.CCOc1ccc(Cl)cc1F.Oc1ccc(Cl)cc1F. The van der Waals surface area contributed by atoms with Gasteiger partial charge < -0.3 is 48.8 Å². The van der Waals surface area contributed by atoms with E-state index < -0.39 is 52.6 Å². The van der Waals surface area contributed by atoms with E-state index in [1.807, 2.05) is 18.2 Å². The van der Waals surface area contributed by atoms with E-state index in [0.717, 1.165) is 21.7 Å². The first-order valence-corrected chi connectivity index (χ1v) is 35.6. The number of phenols is 1. The van der Waals surface area contributed by atoms with Crippen LogP contribution in [0, 0.1) is 34.9 Å². The van der Waals surface area contributed by atoms with Gasteiger partial charge in [-0.2, -0.15) is 0 Å². The summed E-state index contributed by atoms with van der Waals surface area (Å²) in [5.41, 5.74) is 3.77. The molecule has 0 aliphatic heterocycles. The molecule has 7 heterocycles. The topological polar surface area (TPSA) is 237 Å². The molecule has 0 spiro atoms. The highest BCUT2D eigenvalue weighted by molar-refractivity contribution is 9.10. The Morgan fingerprint density at radius 3 is 1.40 bits per heavy atom. The van der Waals surface area contributed by atoms with Gasteiger partial charge in [0.2, 0.25) is 0 Å². The van der Waals surface area contributed by atoms with Gasteiger partial charge in [-0.15, -0.1) is 0 Å². The molecule has 0 saturated carbocycles. The predicted molar refractivity (Wildman–Crippen MR) is 409 cm³/mol. The average molecular weight is 1720 g/mol. The molecule has 556 valence electrons. The standard InChI is InChI=1S/C21H15ClFN3O2.C16H13BrClFN2O2.C16H11BrClFN2O2.C9H8ClFO2.C8H8ClFO.C6H4ClFO/c1-2-28-17-6-5-16(22)18(19(17)23)20(27)15-11-26-21-14(15)8-13(10-25-21)12-4-3-7-24-9-12;2*1-2-23-12-4-3-11(18)13(14(12)19)15(22)10-7-21-16-9(10)5-8(17)6-20-16;1-2-13-8-4-3-7(10)6(5-12)9(8)11;1-2-11-8-4-3-6(9)5-7(8)10;7-4-1-2-6(9)5(8)3-4/h3-11H,2H2,1H3,(H,25,26);3-7,15,22H,2H2,1H3,(H,20,21);3-7H,2H2,1H3,(H,20,21);3-5H,2H2,1H3;3-5H,2H2,1H3;1-3,9H. The van der Waals surface area contributed by atoms with Crippen LogP contribution in [-0.4, -0.2) is 96.0 Å². The number of ketones is 2. The number of aliphatic hydroxyl groups is 1. The van der Waals surface area contributed by atoms with E-state index in [4.69, 9.17) is 98.4 Å². The van der Waals surface area contributed by atoms with Crippen LogP contribution in [0.25, 0.3) is 44.2 Å². The number of nitrogens with one attached hydrogen (secondary N) is 3. The number of aromatic hydroxyl groups is 1. The average Bonchev–Trinajstić information content (AvgIpc) is 1.65. The number of aldehydes is 1. The lowest BCUT2D eigenvalue weighted by molar-refractivity contribution is 0.102. The van der Waals surface area contributed by atoms with Crippen LogP contribution in [0.15, 0.2) is 174 Å². The van der Waals surface area contributed by atoms with Crippen molar-refractivity contribution in [2.45, 2.75) is 40.7 Å². The van der Waals surface area contributed by atoms with Gasteiger partial charge in [-0.1, -0.05) is 75.7 Å². The summed E-state index contributed by atoms with van der Waals surface area (Å²) in [6.45, 7) is 10.4. The highest BCUT2D eigenvalue weighted by Gasteiger charge is 2.28. The molecule has 0 fully saturated rings. The van der Waals surface area contributed by atoms with E-state index in [2.05, 4.69) is 66.7 Å². The summed E-state index contributed by atoms with van der Waals surface area (Å²) >= 11 is 41.4. The highest BCUT2D eigenvalue weighted by atomic mass is 79.9. The molecule has 0 aliphatic rings. The summed E-state index contributed by atoms with van der Waals surface area (Å²) in [4.78, 5) is 62.0. The Morgan fingerprint density at radius 1 is 0.486 bits per heavy atom. The van der Waals surface area contributed by atoms with E-state index in [-0.39, 0.29) is 101 Å². The van der Waals surface area contributed by atoms with Crippen molar-refractivity contribution in [3.63, 3.8) is 0 Å². The van der Waals surface area contributed by atoms with Crippen LogP contribution < -0.4 is 23.7 Å². The van der Waals surface area contributed by atoms with Crippen LogP contribution in [0.4, 0.5) is 26.3 Å². The van der Waals surface area contributed by atoms with Gasteiger partial charge in [-0.05, 0) is 176 Å². The summed E-state index contributed by atoms with van der Waals surface area (Å²) in [5, 5.41) is 22.1. The molecule has 0 bridgehead atoms. The van der Waals surface area contributed by atoms with Crippen molar-refractivity contribution in [2.75, 3.05) is 33.0 Å². The summed E-state index contributed by atoms with van der Waals surface area (Å²) in [6, 6.07) is 28.6. The van der Waals surface area contributed by atoms with Crippen LogP contribution in [0.5, 0.6) is 34.5 Å². The lowest BCUT2D eigenvalue weighted by atomic mass is 10.0. The van der Waals surface area contributed by atoms with Crippen molar-refractivity contribution < 1.29 is 74.6 Å². The lowest BCUT2D eigenvalue weighted by Crippen LogP contribution is -2.07. The number of carbonyl (C=O) groups excluding carboxylic acids is 3. The summed E-state index contributed by atoms with van der Waals surface area (Å²) < 4.78 is 109. The van der Waals surface area contributed by atoms with Crippen LogP contribution in [0.3, 0.4) is 0 Å². The second kappa shape index (κ2) is 39.4.